The summed E-state index contributed by atoms with van der Waals surface area (Å²) in [5, 5.41) is 17.1. The molecule has 1 aromatic carbocycles. The van der Waals surface area contributed by atoms with E-state index in [1.165, 1.54) is 11.0 Å². The van der Waals surface area contributed by atoms with Gasteiger partial charge in [0.1, 0.15) is 11.9 Å². The summed E-state index contributed by atoms with van der Waals surface area (Å²) in [4.78, 5) is 15.6. The van der Waals surface area contributed by atoms with Crippen LogP contribution in [0.15, 0.2) is 24.5 Å². The molecule has 25 heavy (non-hydrogen) atoms. The molecule has 9 heteroatoms. The van der Waals surface area contributed by atoms with Gasteiger partial charge in [-0.3, -0.25) is 4.90 Å². The monoisotopic (exact) mass is 345 g/mol. The molecule has 3 aliphatic rings. The van der Waals surface area contributed by atoms with E-state index in [4.69, 9.17) is 4.74 Å². The van der Waals surface area contributed by atoms with Crippen molar-refractivity contribution in [1.29, 1.82) is 0 Å². The van der Waals surface area contributed by atoms with Crippen LogP contribution in [0.4, 0.5) is 20.6 Å². The predicted molar refractivity (Wildman–Crippen MR) is 84.9 cm³/mol. The molecular formula is C16H16FN5O3. The maximum Gasteiger partial charge on any atom is 0.415 e. The average Bonchev–Trinajstić information content (AvgIpc) is 3.23. The first-order valence-corrected chi connectivity index (χ1v) is 8.19. The summed E-state index contributed by atoms with van der Waals surface area (Å²) in [6, 6.07) is 3.01. The summed E-state index contributed by atoms with van der Waals surface area (Å²) in [7, 11) is 0. The van der Waals surface area contributed by atoms with Crippen molar-refractivity contribution in [2.45, 2.75) is 31.2 Å². The number of carbonyl (C=O) groups excluding carboxylic acids is 1. The van der Waals surface area contributed by atoms with Gasteiger partial charge in [-0.05, 0) is 18.1 Å². The number of fused-ring (bicyclic) bond motifs is 3. The number of anilines is 2. The van der Waals surface area contributed by atoms with E-state index >= 15 is 0 Å². The van der Waals surface area contributed by atoms with Gasteiger partial charge in [-0.15, -0.1) is 5.10 Å². The SMILES string of the molecule is O=C1O[C@@H](Cn2ccnn2)[C@@H]2Cc3cc(N4CC(O)C4)c(F)cc3N12. The molecule has 0 radical (unpaired) electrons. The number of aromatic nitrogens is 3. The fourth-order valence-corrected chi connectivity index (χ4v) is 3.84. The van der Waals surface area contributed by atoms with E-state index in [0.29, 0.717) is 37.4 Å². The molecule has 2 aromatic rings. The normalized spacial score (nSPS) is 25.0. The maximum atomic E-state index is 14.5. The number of aliphatic hydroxyl groups excluding tert-OH is 1. The first kappa shape index (κ1) is 14.6. The standard InChI is InChI=1S/C16H16FN5O3/c17-11-5-12-9(3-13(11)20-6-10(23)7-20)4-14-15(25-16(24)22(12)14)8-21-2-1-18-19-21/h1-3,5,10,14-15,23H,4,6-8H2/t14-,15-/m0/s1. The van der Waals surface area contributed by atoms with Gasteiger partial charge in [0.15, 0.2) is 0 Å². The van der Waals surface area contributed by atoms with E-state index in [-0.39, 0.29) is 18.0 Å². The number of amides is 1. The minimum Gasteiger partial charge on any atom is -0.442 e. The number of halogens is 1. The van der Waals surface area contributed by atoms with Crippen molar-refractivity contribution in [1.82, 2.24) is 15.0 Å². The van der Waals surface area contributed by atoms with Crippen LogP contribution >= 0.6 is 0 Å². The van der Waals surface area contributed by atoms with Gasteiger partial charge < -0.3 is 14.7 Å². The van der Waals surface area contributed by atoms with Gasteiger partial charge in [-0.25, -0.2) is 13.9 Å². The predicted octanol–water partition coefficient (Wildman–Crippen LogP) is 0.548. The van der Waals surface area contributed by atoms with Crippen LogP contribution in [0.3, 0.4) is 0 Å². The lowest BCUT2D eigenvalue weighted by Crippen LogP contribution is -2.51. The number of cyclic esters (lactones) is 1. The second-order valence-corrected chi connectivity index (χ2v) is 6.68. The summed E-state index contributed by atoms with van der Waals surface area (Å²) in [5.41, 5.74) is 1.97. The number of aliphatic hydroxyl groups is 1. The van der Waals surface area contributed by atoms with Crippen LogP contribution < -0.4 is 9.80 Å². The Hall–Kier alpha value is -2.68. The zero-order valence-electron chi connectivity index (χ0n) is 13.2. The molecule has 0 spiro atoms. The number of hydrogen-bond donors (Lipinski definition) is 1. The van der Waals surface area contributed by atoms with Gasteiger partial charge in [0, 0.05) is 25.4 Å². The zero-order chi connectivity index (χ0) is 17.1. The lowest BCUT2D eigenvalue weighted by molar-refractivity contribution is 0.117. The first-order valence-electron chi connectivity index (χ1n) is 8.19. The summed E-state index contributed by atoms with van der Waals surface area (Å²) >= 11 is 0. The molecule has 5 rings (SSSR count). The lowest BCUT2D eigenvalue weighted by Gasteiger charge is -2.38. The molecule has 0 unspecified atom stereocenters. The van der Waals surface area contributed by atoms with Crippen molar-refractivity contribution in [2.75, 3.05) is 22.9 Å². The van der Waals surface area contributed by atoms with Gasteiger partial charge in [0.25, 0.3) is 0 Å². The Morgan fingerprint density at radius 2 is 2.16 bits per heavy atom. The largest absolute Gasteiger partial charge is 0.442 e. The minimum absolute atomic E-state index is 0.177. The molecule has 0 aliphatic carbocycles. The summed E-state index contributed by atoms with van der Waals surface area (Å²) in [6.45, 7) is 1.27. The fraction of sp³-hybridized carbons (Fsp3) is 0.438. The number of β-amino-alcohol motifs (C(OH)–C–C–N with tert-alkyl or cyclic N) is 1. The Morgan fingerprint density at radius 1 is 1.32 bits per heavy atom. The van der Waals surface area contributed by atoms with Crippen molar-refractivity contribution < 1.29 is 19.0 Å². The molecule has 2 saturated heterocycles. The molecule has 8 nitrogen and oxygen atoms in total. The van der Waals surface area contributed by atoms with E-state index in [1.807, 2.05) is 0 Å². The van der Waals surface area contributed by atoms with E-state index in [9.17, 15) is 14.3 Å². The molecule has 3 aliphatic heterocycles. The van der Waals surface area contributed by atoms with Gasteiger partial charge in [0.05, 0.1) is 36.3 Å². The Bertz CT molecular complexity index is 837. The minimum atomic E-state index is -0.458. The molecule has 130 valence electrons. The van der Waals surface area contributed by atoms with E-state index < -0.39 is 12.2 Å². The van der Waals surface area contributed by atoms with Gasteiger partial charge in [-0.2, -0.15) is 0 Å². The Morgan fingerprint density at radius 3 is 2.88 bits per heavy atom. The highest BCUT2D eigenvalue weighted by Gasteiger charge is 2.48. The summed E-state index contributed by atoms with van der Waals surface area (Å²) in [6.07, 6.45) is 2.66. The van der Waals surface area contributed by atoms with Crippen molar-refractivity contribution in [3.63, 3.8) is 0 Å². The first-order chi connectivity index (χ1) is 12.1. The molecule has 1 aromatic heterocycles. The molecular weight excluding hydrogens is 329 g/mol. The number of ether oxygens (including phenoxy) is 1. The van der Waals surface area contributed by atoms with Crippen LogP contribution in [0.2, 0.25) is 0 Å². The molecule has 1 amide bonds. The van der Waals surface area contributed by atoms with E-state index in [0.717, 1.165) is 5.56 Å². The van der Waals surface area contributed by atoms with Crippen LogP contribution in [0.5, 0.6) is 0 Å². The third-order valence-corrected chi connectivity index (χ3v) is 5.09. The number of hydrogen-bond acceptors (Lipinski definition) is 6. The van der Waals surface area contributed by atoms with Crippen molar-refractivity contribution in [3.8, 4) is 0 Å². The van der Waals surface area contributed by atoms with Crippen molar-refractivity contribution in [2.24, 2.45) is 0 Å². The van der Waals surface area contributed by atoms with E-state index in [1.54, 1.807) is 28.0 Å². The lowest BCUT2D eigenvalue weighted by atomic mass is 10.0. The maximum absolute atomic E-state index is 14.5. The molecule has 0 saturated carbocycles. The smallest absolute Gasteiger partial charge is 0.415 e. The number of rotatable bonds is 3. The highest BCUT2D eigenvalue weighted by atomic mass is 19.1. The Labute approximate surface area is 142 Å². The third kappa shape index (κ3) is 2.19. The average molecular weight is 345 g/mol. The van der Waals surface area contributed by atoms with Crippen molar-refractivity contribution in [3.05, 3.63) is 35.9 Å². The number of benzene rings is 1. The second kappa shape index (κ2) is 5.16. The molecule has 2 atom stereocenters. The fourth-order valence-electron chi connectivity index (χ4n) is 3.84. The van der Waals surface area contributed by atoms with Gasteiger partial charge >= 0.3 is 6.09 Å². The summed E-state index contributed by atoms with van der Waals surface area (Å²) in [5.74, 6) is -0.390. The third-order valence-electron chi connectivity index (χ3n) is 5.09. The van der Waals surface area contributed by atoms with Gasteiger partial charge in [0.2, 0.25) is 0 Å². The molecule has 1 N–H and O–H groups in total. The Balaban J connectivity index is 1.44. The number of nitrogens with zero attached hydrogens (tertiary/aromatic N) is 5. The molecule has 0 bridgehead atoms. The zero-order valence-corrected chi connectivity index (χ0v) is 13.2. The highest BCUT2D eigenvalue weighted by Crippen LogP contribution is 2.42. The van der Waals surface area contributed by atoms with Gasteiger partial charge in [-0.1, -0.05) is 5.21 Å². The second-order valence-electron chi connectivity index (χ2n) is 6.68. The van der Waals surface area contributed by atoms with Crippen LogP contribution in [-0.4, -0.2) is 57.5 Å². The van der Waals surface area contributed by atoms with Crippen molar-refractivity contribution >= 4 is 17.5 Å². The van der Waals surface area contributed by atoms with E-state index in [2.05, 4.69) is 10.3 Å². The quantitative estimate of drug-likeness (QED) is 0.875. The van der Waals surface area contributed by atoms with Crippen LogP contribution in [0.1, 0.15) is 5.56 Å². The van der Waals surface area contributed by atoms with Crippen LogP contribution in [0, 0.1) is 5.82 Å². The molecule has 2 fully saturated rings. The highest BCUT2D eigenvalue weighted by molar-refractivity contribution is 5.94. The van der Waals surface area contributed by atoms with Crippen LogP contribution in [-0.2, 0) is 17.7 Å². The topological polar surface area (TPSA) is 83.7 Å². The molecule has 4 heterocycles. The van der Waals surface area contributed by atoms with Crippen LogP contribution in [0.25, 0.3) is 0 Å². The summed E-state index contributed by atoms with van der Waals surface area (Å²) < 4.78 is 21.6. The Kier molecular flexibility index (Phi) is 3.02. The number of carbonyl (C=O) groups is 1.